The minimum absolute atomic E-state index is 0.00711. The molecule has 208 valence electrons. The summed E-state index contributed by atoms with van der Waals surface area (Å²) in [5, 5.41) is 6.57. The lowest BCUT2D eigenvalue weighted by Crippen LogP contribution is -2.68. The van der Waals surface area contributed by atoms with Gasteiger partial charge in [0, 0.05) is 21.4 Å². The molecule has 41 heavy (non-hydrogen) atoms. The number of fused-ring (bicyclic) bond motifs is 3. The lowest BCUT2D eigenvalue weighted by atomic mass is 9.96. The van der Waals surface area contributed by atoms with Crippen molar-refractivity contribution in [1.29, 1.82) is 0 Å². The number of anilines is 1. The highest BCUT2D eigenvalue weighted by Gasteiger charge is 2.48. The number of rotatable bonds is 7. The number of carbonyl (C=O) groups is 3. The number of hydrogen-bond donors (Lipinski definition) is 2. The zero-order valence-electron chi connectivity index (χ0n) is 22.5. The summed E-state index contributed by atoms with van der Waals surface area (Å²) in [5.41, 5.74) is 4.81. The predicted octanol–water partition coefficient (Wildman–Crippen LogP) is 6.50. The van der Waals surface area contributed by atoms with E-state index in [1.165, 1.54) is 11.3 Å². The SMILES string of the molecule is Cc1sc(NC(=O)C2(NC(=O)OCC3c4ccccc4-c4ccccc43)COC2)c(C(=O)c2ccc(Cl)cc2)c1C. The molecule has 0 radical (unpaired) electrons. The molecule has 6 rings (SSSR count). The van der Waals surface area contributed by atoms with E-state index in [0.717, 1.165) is 32.7 Å². The molecule has 0 atom stereocenters. The molecule has 2 heterocycles. The van der Waals surface area contributed by atoms with Crippen LogP contribution in [-0.4, -0.2) is 43.1 Å². The Morgan fingerprint density at radius 2 is 1.56 bits per heavy atom. The van der Waals surface area contributed by atoms with Gasteiger partial charge in [-0.15, -0.1) is 11.3 Å². The standard InChI is InChI=1S/C32H27ClN2O5S/c1-18-19(2)41-29(27(18)28(36)20-11-13-21(33)14-12-20)34-30(37)32(16-39-17-32)35-31(38)40-15-26-24-9-5-3-7-22(24)23-8-4-6-10-25(23)26/h3-14,26H,15-17H2,1-2H3,(H,34,37)(H,35,38). The highest BCUT2D eigenvalue weighted by atomic mass is 35.5. The number of thiophene rings is 1. The minimum Gasteiger partial charge on any atom is -0.449 e. The van der Waals surface area contributed by atoms with Gasteiger partial charge in [0.25, 0.3) is 5.91 Å². The molecule has 7 nitrogen and oxygen atoms in total. The third-order valence-corrected chi connectivity index (χ3v) is 9.14. The first-order chi connectivity index (χ1) is 19.8. The Hall–Kier alpha value is -3.98. The normalized spacial score (nSPS) is 14.9. The maximum absolute atomic E-state index is 13.5. The summed E-state index contributed by atoms with van der Waals surface area (Å²) in [6.45, 7) is 3.86. The molecule has 0 saturated carbocycles. The molecule has 1 aliphatic heterocycles. The predicted molar refractivity (Wildman–Crippen MR) is 159 cm³/mol. The molecule has 9 heteroatoms. The Balaban J connectivity index is 1.16. The summed E-state index contributed by atoms with van der Waals surface area (Å²) in [6, 6.07) is 22.8. The van der Waals surface area contributed by atoms with E-state index in [1.54, 1.807) is 24.3 Å². The number of amides is 2. The van der Waals surface area contributed by atoms with Crippen LogP contribution in [-0.2, 0) is 14.3 Å². The van der Waals surface area contributed by atoms with E-state index < -0.39 is 17.5 Å². The van der Waals surface area contributed by atoms with E-state index in [4.69, 9.17) is 21.1 Å². The number of nitrogens with one attached hydrogen (secondary N) is 2. The molecule has 1 fully saturated rings. The summed E-state index contributed by atoms with van der Waals surface area (Å²) in [7, 11) is 0. The van der Waals surface area contributed by atoms with Crippen LogP contribution >= 0.6 is 22.9 Å². The van der Waals surface area contributed by atoms with Crippen LogP contribution in [0.1, 0.15) is 43.4 Å². The highest BCUT2D eigenvalue weighted by molar-refractivity contribution is 7.16. The molecule has 2 N–H and O–H groups in total. The molecule has 3 aromatic carbocycles. The molecule has 1 aliphatic carbocycles. The van der Waals surface area contributed by atoms with Crippen molar-refractivity contribution in [3.8, 4) is 11.1 Å². The zero-order valence-corrected chi connectivity index (χ0v) is 24.0. The van der Waals surface area contributed by atoms with Crippen molar-refractivity contribution in [2.75, 3.05) is 25.1 Å². The number of alkyl carbamates (subject to hydrolysis) is 1. The summed E-state index contributed by atoms with van der Waals surface area (Å²) < 4.78 is 11.0. The second-order valence-corrected chi connectivity index (χ2v) is 12.0. The average molecular weight is 587 g/mol. The first kappa shape index (κ1) is 27.2. The van der Waals surface area contributed by atoms with E-state index in [0.29, 0.717) is 21.2 Å². The molecule has 1 aromatic heterocycles. The van der Waals surface area contributed by atoms with Gasteiger partial charge in [0.1, 0.15) is 11.6 Å². The Morgan fingerprint density at radius 3 is 2.15 bits per heavy atom. The van der Waals surface area contributed by atoms with Crippen molar-refractivity contribution >= 4 is 45.7 Å². The maximum atomic E-state index is 13.5. The monoisotopic (exact) mass is 586 g/mol. The summed E-state index contributed by atoms with van der Waals surface area (Å²) in [6.07, 6.45) is -0.707. The lowest BCUT2D eigenvalue weighted by molar-refractivity contribution is -0.141. The van der Waals surface area contributed by atoms with Crippen LogP contribution in [0.25, 0.3) is 11.1 Å². The fourth-order valence-corrected chi connectivity index (χ4v) is 6.53. The first-order valence-electron chi connectivity index (χ1n) is 13.2. The van der Waals surface area contributed by atoms with E-state index >= 15 is 0 Å². The van der Waals surface area contributed by atoms with E-state index in [9.17, 15) is 14.4 Å². The summed E-state index contributed by atoms with van der Waals surface area (Å²) in [4.78, 5) is 40.8. The van der Waals surface area contributed by atoms with Crippen molar-refractivity contribution in [3.63, 3.8) is 0 Å². The third kappa shape index (κ3) is 4.92. The second-order valence-electron chi connectivity index (χ2n) is 10.3. The van der Waals surface area contributed by atoms with Crippen LogP contribution in [0.2, 0.25) is 5.02 Å². The van der Waals surface area contributed by atoms with E-state index in [-0.39, 0.29) is 31.5 Å². The summed E-state index contributed by atoms with van der Waals surface area (Å²) in [5.74, 6) is -0.792. The van der Waals surface area contributed by atoms with Crippen LogP contribution in [0, 0.1) is 13.8 Å². The molecule has 4 aromatic rings. The molecule has 0 unspecified atom stereocenters. The van der Waals surface area contributed by atoms with Gasteiger partial charge in [0.15, 0.2) is 11.3 Å². The van der Waals surface area contributed by atoms with Gasteiger partial charge >= 0.3 is 6.09 Å². The Kier molecular flexibility index (Phi) is 7.15. The zero-order chi connectivity index (χ0) is 28.7. The molecular weight excluding hydrogens is 560 g/mol. The fraction of sp³-hybridized carbons (Fsp3) is 0.219. The number of hydrogen-bond acceptors (Lipinski definition) is 6. The average Bonchev–Trinajstić information content (AvgIpc) is 3.42. The van der Waals surface area contributed by atoms with Crippen LogP contribution in [0.3, 0.4) is 0 Å². The van der Waals surface area contributed by atoms with Gasteiger partial charge in [-0.3, -0.25) is 9.59 Å². The first-order valence-corrected chi connectivity index (χ1v) is 14.4. The Bertz CT molecular complexity index is 1630. The maximum Gasteiger partial charge on any atom is 0.408 e. The van der Waals surface area contributed by atoms with Gasteiger partial charge < -0.3 is 20.1 Å². The topological polar surface area (TPSA) is 93.7 Å². The number of halogens is 1. The van der Waals surface area contributed by atoms with E-state index in [2.05, 4.69) is 22.8 Å². The number of ketones is 1. The molecule has 2 aliphatic rings. The molecule has 0 spiro atoms. The third-order valence-electron chi connectivity index (χ3n) is 7.76. The number of benzene rings is 3. The Morgan fingerprint density at radius 1 is 0.951 bits per heavy atom. The molecule has 2 amide bonds. The second kappa shape index (κ2) is 10.8. The van der Waals surface area contributed by atoms with Crippen LogP contribution in [0.4, 0.5) is 9.80 Å². The van der Waals surface area contributed by atoms with Crippen molar-refractivity contribution < 1.29 is 23.9 Å². The van der Waals surface area contributed by atoms with Gasteiger partial charge in [0.2, 0.25) is 0 Å². The smallest absolute Gasteiger partial charge is 0.408 e. The molecular formula is C32H27ClN2O5S. The number of aryl methyl sites for hydroxylation is 1. The summed E-state index contributed by atoms with van der Waals surface area (Å²) >= 11 is 7.31. The highest BCUT2D eigenvalue weighted by Crippen LogP contribution is 2.44. The largest absolute Gasteiger partial charge is 0.449 e. The van der Waals surface area contributed by atoms with Crippen molar-refractivity contribution in [3.05, 3.63) is 111 Å². The van der Waals surface area contributed by atoms with Crippen molar-refractivity contribution in [1.82, 2.24) is 5.32 Å². The van der Waals surface area contributed by atoms with Gasteiger partial charge in [0.05, 0.1) is 18.8 Å². The van der Waals surface area contributed by atoms with Crippen LogP contribution < -0.4 is 10.6 Å². The van der Waals surface area contributed by atoms with Gasteiger partial charge in [-0.25, -0.2) is 4.79 Å². The van der Waals surface area contributed by atoms with Crippen molar-refractivity contribution in [2.45, 2.75) is 25.3 Å². The molecule has 1 saturated heterocycles. The lowest BCUT2D eigenvalue weighted by Gasteiger charge is -2.39. The Labute approximate surface area is 246 Å². The van der Waals surface area contributed by atoms with Crippen molar-refractivity contribution in [2.24, 2.45) is 0 Å². The van der Waals surface area contributed by atoms with E-state index in [1.807, 2.05) is 50.2 Å². The van der Waals surface area contributed by atoms with Gasteiger partial charge in [-0.1, -0.05) is 60.1 Å². The number of carbonyl (C=O) groups excluding carboxylic acids is 3. The van der Waals surface area contributed by atoms with Gasteiger partial charge in [-0.2, -0.15) is 0 Å². The number of ether oxygens (including phenoxy) is 2. The minimum atomic E-state index is -1.31. The van der Waals surface area contributed by atoms with Crippen LogP contribution in [0.15, 0.2) is 72.8 Å². The van der Waals surface area contributed by atoms with Crippen LogP contribution in [0.5, 0.6) is 0 Å². The molecule has 0 bridgehead atoms. The van der Waals surface area contributed by atoms with Gasteiger partial charge in [-0.05, 0) is 65.9 Å². The quantitative estimate of drug-likeness (QED) is 0.241. The fourth-order valence-electron chi connectivity index (χ4n) is 5.35.